The van der Waals surface area contributed by atoms with E-state index in [0.29, 0.717) is 19.3 Å². The highest BCUT2D eigenvalue weighted by Gasteiger charge is 2.19. The molecule has 0 N–H and O–H groups in total. The summed E-state index contributed by atoms with van der Waals surface area (Å²) in [6.45, 7) is 6.65. The lowest BCUT2D eigenvalue weighted by Gasteiger charge is -2.18. The number of ether oxygens (including phenoxy) is 3. The van der Waals surface area contributed by atoms with Crippen molar-refractivity contribution in [3.63, 3.8) is 0 Å². The third kappa shape index (κ3) is 50.7. The maximum Gasteiger partial charge on any atom is 0.306 e. The lowest BCUT2D eigenvalue weighted by atomic mass is 10.0. The molecule has 370 valence electrons. The molecule has 0 aromatic heterocycles. The minimum absolute atomic E-state index is 0.0721. The zero-order chi connectivity index (χ0) is 45.8. The summed E-state index contributed by atoms with van der Waals surface area (Å²) in [7, 11) is 0. The van der Waals surface area contributed by atoms with Crippen LogP contribution in [0.3, 0.4) is 0 Å². The molecule has 0 aliphatic heterocycles. The third-order valence-corrected chi connectivity index (χ3v) is 12.4. The molecule has 0 saturated carbocycles. The van der Waals surface area contributed by atoms with Gasteiger partial charge in [-0.05, 0) is 70.6 Å². The average Bonchev–Trinajstić information content (AvgIpc) is 3.28. The van der Waals surface area contributed by atoms with E-state index in [1.807, 2.05) is 0 Å². The van der Waals surface area contributed by atoms with Crippen molar-refractivity contribution in [2.24, 2.45) is 0 Å². The second-order valence-electron chi connectivity index (χ2n) is 18.8. The van der Waals surface area contributed by atoms with Crippen molar-refractivity contribution in [1.82, 2.24) is 0 Å². The van der Waals surface area contributed by atoms with Crippen LogP contribution in [-0.4, -0.2) is 37.2 Å². The van der Waals surface area contributed by atoms with Crippen LogP contribution in [0.5, 0.6) is 0 Å². The Balaban J connectivity index is 4.34. The fourth-order valence-electron chi connectivity index (χ4n) is 8.20. The van der Waals surface area contributed by atoms with Gasteiger partial charge in [0.25, 0.3) is 0 Å². The lowest BCUT2D eigenvalue weighted by Crippen LogP contribution is -2.30. The second kappa shape index (κ2) is 52.5. The average molecular weight is 887 g/mol. The highest BCUT2D eigenvalue weighted by molar-refractivity contribution is 5.71. The van der Waals surface area contributed by atoms with Crippen molar-refractivity contribution >= 4 is 17.9 Å². The molecule has 0 radical (unpaired) electrons. The SMILES string of the molecule is CCCCCCC=CCCCCCCCC(=O)OCC(COC(=O)CCCCCCCCCC=CCCCCCCCC)OC(=O)CCCCCCCCCCCCCCCCC. The first-order chi connectivity index (χ1) is 31.0. The highest BCUT2D eigenvalue weighted by Crippen LogP contribution is 2.16. The molecule has 1 atom stereocenters. The van der Waals surface area contributed by atoms with Crippen molar-refractivity contribution in [3.8, 4) is 0 Å². The molecular weight excluding hydrogens is 781 g/mol. The van der Waals surface area contributed by atoms with E-state index in [1.165, 1.54) is 199 Å². The van der Waals surface area contributed by atoms with Gasteiger partial charge in [-0.15, -0.1) is 0 Å². The first kappa shape index (κ1) is 60.9. The number of carbonyl (C=O) groups is 3. The van der Waals surface area contributed by atoms with Crippen LogP contribution in [0.2, 0.25) is 0 Å². The van der Waals surface area contributed by atoms with Crippen molar-refractivity contribution in [2.45, 2.75) is 309 Å². The zero-order valence-corrected chi connectivity index (χ0v) is 42.4. The minimum atomic E-state index is -0.771. The predicted molar refractivity (Wildman–Crippen MR) is 270 cm³/mol. The number of allylic oxidation sites excluding steroid dienone is 4. The van der Waals surface area contributed by atoms with Crippen LogP contribution in [0.15, 0.2) is 24.3 Å². The normalized spacial score (nSPS) is 12.1. The number of unbranched alkanes of at least 4 members (excludes halogenated alkanes) is 36. The standard InChI is InChI=1S/C57H106O6/c1-4-7-10-13-16-19-22-25-27-28-30-32-35-38-41-44-47-50-56(59)62-53-54(52-61-55(58)49-46-43-40-37-34-31-24-21-18-15-12-9-6-3)63-57(60)51-48-45-42-39-36-33-29-26-23-20-17-14-11-8-5-2/h21,24-25,27,54H,4-20,22-23,26,28-53H2,1-3H3. The van der Waals surface area contributed by atoms with E-state index in [-0.39, 0.29) is 31.1 Å². The Morgan fingerprint density at radius 1 is 0.302 bits per heavy atom. The largest absolute Gasteiger partial charge is 0.462 e. The molecular formula is C57H106O6. The summed E-state index contributed by atoms with van der Waals surface area (Å²) in [5.74, 6) is -0.868. The summed E-state index contributed by atoms with van der Waals surface area (Å²) in [6, 6.07) is 0. The molecule has 0 spiro atoms. The first-order valence-corrected chi connectivity index (χ1v) is 27.8. The number of hydrogen-bond acceptors (Lipinski definition) is 6. The topological polar surface area (TPSA) is 78.9 Å². The molecule has 6 heteroatoms. The Morgan fingerprint density at radius 3 is 0.810 bits per heavy atom. The fourth-order valence-corrected chi connectivity index (χ4v) is 8.20. The van der Waals surface area contributed by atoms with Crippen molar-refractivity contribution in [3.05, 3.63) is 24.3 Å². The van der Waals surface area contributed by atoms with Gasteiger partial charge in [-0.3, -0.25) is 14.4 Å². The Bertz CT molecular complexity index is 1020. The van der Waals surface area contributed by atoms with E-state index in [9.17, 15) is 14.4 Å². The molecule has 0 aromatic carbocycles. The van der Waals surface area contributed by atoms with E-state index in [4.69, 9.17) is 14.2 Å². The van der Waals surface area contributed by atoms with Gasteiger partial charge in [-0.25, -0.2) is 0 Å². The first-order valence-electron chi connectivity index (χ1n) is 27.8. The summed E-state index contributed by atoms with van der Waals surface area (Å²) in [5, 5.41) is 0. The number of esters is 3. The van der Waals surface area contributed by atoms with E-state index >= 15 is 0 Å². The highest BCUT2D eigenvalue weighted by atomic mass is 16.6. The maximum atomic E-state index is 12.8. The minimum Gasteiger partial charge on any atom is -0.462 e. The zero-order valence-electron chi connectivity index (χ0n) is 42.4. The van der Waals surface area contributed by atoms with E-state index in [1.54, 1.807) is 0 Å². The maximum absolute atomic E-state index is 12.8. The van der Waals surface area contributed by atoms with Crippen LogP contribution in [0.1, 0.15) is 303 Å². The Kier molecular flexibility index (Phi) is 50.8. The van der Waals surface area contributed by atoms with E-state index < -0.39 is 6.10 Å². The number of hydrogen-bond donors (Lipinski definition) is 0. The molecule has 0 amide bonds. The Morgan fingerprint density at radius 2 is 0.524 bits per heavy atom. The number of rotatable bonds is 51. The van der Waals surface area contributed by atoms with E-state index in [0.717, 1.165) is 64.2 Å². The molecule has 0 rings (SSSR count). The molecule has 0 aliphatic carbocycles. The van der Waals surface area contributed by atoms with Gasteiger partial charge in [0.15, 0.2) is 6.10 Å². The molecule has 0 bridgehead atoms. The molecule has 63 heavy (non-hydrogen) atoms. The summed E-state index contributed by atoms with van der Waals surface area (Å²) < 4.78 is 16.8. The summed E-state index contributed by atoms with van der Waals surface area (Å²) in [5.41, 5.74) is 0. The Labute approximate surface area is 392 Å². The fraction of sp³-hybridized carbons (Fsp3) is 0.877. The van der Waals surface area contributed by atoms with Crippen molar-refractivity contribution < 1.29 is 28.6 Å². The second-order valence-corrected chi connectivity index (χ2v) is 18.8. The predicted octanol–water partition coefficient (Wildman–Crippen LogP) is 18.3. The van der Waals surface area contributed by atoms with Gasteiger partial charge in [0.2, 0.25) is 0 Å². The smallest absolute Gasteiger partial charge is 0.306 e. The molecule has 0 saturated heterocycles. The van der Waals surface area contributed by atoms with Crippen LogP contribution in [0.4, 0.5) is 0 Å². The van der Waals surface area contributed by atoms with Gasteiger partial charge >= 0.3 is 17.9 Å². The number of carbonyl (C=O) groups excluding carboxylic acids is 3. The lowest BCUT2D eigenvalue weighted by molar-refractivity contribution is -0.167. The van der Waals surface area contributed by atoms with E-state index in [2.05, 4.69) is 45.1 Å². The van der Waals surface area contributed by atoms with Crippen molar-refractivity contribution in [1.29, 1.82) is 0 Å². The monoisotopic (exact) mass is 887 g/mol. The molecule has 1 unspecified atom stereocenters. The molecule has 0 aromatic rings. The summed E-state index contributed by atoms with van der Waals surface area (Å²) >= 11 is 0. The third-order valence-electron chi connectivity index (χ3n) is 12.4. The van der Waals surface area contributed by atoms with Gasteiger partial charge in [-0.2, -0.15) is 0 Å². The molecule has 6 nitrogen and oxygen atoms in total. The summed E-state index contributed by atoms with van der Waals surface area (Å²) in [4.78, 5) is 38.1. The summed E-state index contributed by atoms with van der Waals surface area (Å²) in [6.07, 6.45) is 60.2. The molecule has 0 fully saturated rings. The van der Waals surface area contributed by atoms with Gasteiger partial charge in [0, 0.05) is 19.3 Å². The van der Waals surface area contributed by atoms with Crippen LogP contribution >= 0.6 is 0 Å². The van der Waals surface area contributed by atoms with Crippen LogP contribution in [-0.2, 0) is 28.6 Å². The van der Waals surface area contributed by atoms with Gasteiger partial charge in [0.05, 0.1) is 0 Å². The van der Waals surface area contributed by atoms with Gasteiger partial charge in [-0.1, -0.05) is 238 Å². The quantitative estimate of drug-likeness (QED) is 0.0262. The van der Waals surface area contributed by atoms with Crippen LogP contribution in [0, 0.1) is 0 Å². The van der Waals surface area contributed by atoms with Gasteiger partial charge < -0.3 is 14.2 Å². The van der Waals surface area contributed by atoms with Gasteiger partial charge in [0.1, 0.15) is 13.2 Å². The molecule has 0 aliphatic rings. The molecule has 0 heterocycles. The van der Waals surface area contributed by atoms with Crippen LogP contribution in [0.25, 0.3) is 0 Å². The Hall–Kier alpha value is -2.11. The van der Waals surface area contributed by atoms with Crippen LogP contribution < -0.4 is 0 Å². The van der Waals surface area contributed by atoms with Crippen molar-refractivity contribution in [2.75, 3.05) is 13.2 Å².